The molecule has 0 aliphatic heterocycles. The predicted octanol–water partition coefficient (Wildman–Crippen LogP) is -3.24. The second kappa shape index (κ2) is 8.85. The second-order valence-corrected chi connectivity index (χ2v) is 4.74. The molecule has 1 aromatic rings. The Balaban J connectivity index is 0.000000621. The van der Waals surface area contributed by atoms with Crippen LogP contribution in [0.2, 0.25) is 0 Å². The zero-order chi connectivity index (χ0) is 15.8. The number of rotatable bonds is 1. The van der Waals surface area contributed by atoms with Crippen LogP contribution in [0.25, 0.3) is 0 Å². The first-order valence-electron chi connectivity index (χ1n) is 5.26. The van der Waals surface area contributed by atoms with E-state index in [1.807, 2.05) is 44.4 Å². The minimum absolute atomic E-state index is 0.541. The van der Waals surface area contributed by atoms with Crippen LogP contribution in [-0.4, -0.2) is 36.8 Å². The van der Waals surface area contributed by atoms with Gasteiger partial charge in [-0.15, -0.1) is 10.2 Å². The van der Waals surface area contributed by atoms with Crippen molar-refractivity contribution in [2.24, 2.45) is 4.99 Å². The van der Waals surface area contributed by atoms with E-state index >= 15 is 0 Å². The molecule has 0 fully saturated rings. The molecule has 0 atom stereocenters. The predicted molar refractivity (Wildman–Crippen MR) is 65.0 cm³/mol. The van der Waals surface area contributed by atoms with Gasteiger partial charge in [0.25, 0.3) is 0 Å². The molecule has 0 aromatic heterocycles. The Kier molecular flexibility index (Phi) is 8.31. The number of halogens is 2. The number of benzene rings is 1. The topological polar surface area (TPSA) is 120 Å². The van der Waals surface area contributed by atoms with Gasteiger partial charge in [0.2, 0.25) is 5.84 Å². The first-order valence-corrected chi connectivity index (χ1v) is 6.87. The summed E-state index contributed by atoms with van der Waals surface area (Å²) in [6.45, 7) is 0. The van der Waals surface area contributed by atoms with E-state index in [0.29, 0.717) is 5.29 Å². The lowest BCUT2D eigenvalue weighted by Crippen LogP contribution is -2.68. The molecule has 1 rings (SSSR count). The van der Waals surface area contributed by atoms with Gasteiger partial charge in [0.1, 0.15) is 0 Å². The average Bonchev–Trinajstić information content (AvgIpc) is 2.34. The summed E-state index contributed by atoms with van der Waals surface area (Å²) in [6, 6.07) is 9.86. The van der Waals surface area contributed by atoms with Crippen molar-refractivity contribution in [3.63, 3.8) is 0 Å². The standard InChI is InChI=1S/C11H14ClN3.ClHO4/c1-13-10(14-11(12)15(2)3)9-7-5-4-6-8-9;2-1(3,4)5/h4-8H,1-3H3;(H,2,3,4,5). The molecule has 0 amide bonds. The Bertz CT molecular complexity index is 462. The maximum Gasteiger partial charge on any atom is 0.348 e. The van der Waals surface area contributed by atoms with Crippen LogP contribution in [0, 0.1) is 10.2 Å². The highest BCUT2D eigenvalue weighted by Gasteiger charge is 2.11. The van der Waals surface area contributed by atoms with Crippen LogP contribution in [0.15, 0.2) is 35.3 Å². The lowest BCUT2D eigenvalue weighted by atomic mass is 10.2. The van der Waals surface area contributed by atoms with Crippen LogP contribution >= 0.6 is 11.6 Å². The first kappa shape index (κ1) is 18.8. The Hall–Kier alpha value is -1.22. The summed E-state index contributed by atoms with van der Waals surface area (Å²) in [4.78, 5) is 4.15. The SMILES string of the molecule is CN=C(NC(Cl)=[N+](C)C)c1ccccc1.[O-][Cl+3]([O-])([O-])[O-]. The molecule has 0 spiro atoms. The van der Waals surface area contributed by atoms with Gasteiger partial charge >= 0.3 is 5.29 Å². The Morgan fingerprint density at radius 1 is 1.15 bits per heavy atom. The van der Waals surface area contributed by atoms with Gasteiger partial charge in [-0.05, 0) is 12.1 Å². The van der Waals surface area contributed by atoms with Gasteiger partial charge in [-0.1, -0.05) is 18.2 Å². The molecule has 0 radical (unpaired) electrons. The molecule has 0 heterocycles. The average molecular weight is 324 g/mol. The Labute approximate surface area is 124 Å². The van der Waals surface area contributed by atoms with Crippen molar-refractivity contribution in [2.45, 2.75) is 0 Å². The van der Waals surface area contributed by atoms with Gasteiger partial charge in [0.15, 0.2) is 0 Å². The molecule has 112 valence electrons. The lowest BCUT2D eigenvalue weighted by molar-refractivity contribution is -2.00. The molecule has 0 aliphatic carbocycles. The van der Waals surface area contributed by atoms with Gasteiger partial charge in [-0.2, -0.15) is 0 Å². The van der Waals surface area contributed by atoms with Crippen molar-refractivity contribution in [1.82, 2.24) is 5.32 Å². The fourth-order valence-electron chi connectivity index (χ4n) is 1.06. The maximum absolute atomic E-state index is 8.49. The summed E-state index contributed by atoms with van der Waals surface area (Å²) in [5.74, 6) is 0.759. The van der Waals surface area contributed by atoms with Crippen molar-refractivity contribution in [3.8, 4) is 0 Å². The van der Waals surface area contributed by atoms with Gasteiger partial charge in [-0.25, -0.2) is 24.0 Å². The number of hydrogen-bond donors (Lipinski definition) is 1. The fraction of sp³-hybridized carbons (Fsp3) is 0.273. The number of nitrogens with one attached hydrogen (secondary N) is 1. The molecule has 1 aromatic carbocycles. The third kappa shape index (κ3) is 9.68. The van der Waals surface area contributed by atoms with E-state index in [-0.39, 0.29) is 0 Å². The molecule has 0 bridgehead atoms. The van der Waals surface area contributed by atoms with Gasteiger partial charge in [0.05, 0.1) is 14.1 Å². The molecular formula is C11H15Cl2N3O4. The van der Waals surface area contributed by atoms with Crippen LogP contribution in [0.4, 0.5) is 0 Å². The van der Waals surface area contributed by atoms with Gasteiger partial charge < -0.3 is 0 Å². The van der Waals surface area contributed by atoms with Crippen LogP contribution in [0.5, 0.6) is 0 Å². The molecule has 1 N–H and O–H groups in total. The summed E-state index contributed by atoms with van der Waals surface area (Å²) in [7, 11) is 0.524. The summed E-state index contributed by atoms with van der Waals surface area (Å²) in [5.41, 5.74) is 1.01. The summed E-state index contributed by atoms with van der Waals surface area (Å²) in [6.07, 6.45) is 0. The first-order chi connectivity index (χ1) is 9.15. The minimum Gasteiger partial charge on any atom is -0.257 e. The smallest absolute Gasteiger partial charge is 0.257 e. The van der Waals surface area contributed by atoms with Crippen molar-refractivity contribution >= 4 is 22.7 Å². The monoisotopic (exact) mass is 323 g/mol. The Morgan fingerprint density at radius 3 is 1.95 bits per heavy atom. The van der Waals surface area contributed by atoms with Crippen molar-refractivity contribution in [1.29, 1.82) is 0 Å². The third-order valence-corrected chi connectivity index (χ3v) is 2.32. The Morgan fingerprint density at radius 2 is 1.60 bits per heavy atom. The zero-order valence-electron chi connectivity index (χ0n) is 11.2. The third-order valence-electron chi connectivity index (χ3n) is 1.89. The van der Waals surface area contributed by atoms with E-state index in [4.69, 9.17) is 30.2 Å². The summed E-state index contributed by atoms with van der Waals surface area (Å²) < 4.78 is 35.8. The highest BCUT2D eigenvalue weighted by Crippen LogP contribution is 1.99. The van der Waals surface area contributed by atoms with E-state index in [2.05, 4.69) is 10.3 Å². The zero-order valence-corrected chi connectivity index (χ0v) is 12.7. The van der Waals surface area contributed by atoms with Crippen LogP contribution < -0.4 is 24.0 Å². The molecule has 0 aliphatic rings. The molecular weight excluding hydrogens is 309 g/mol. The minimum atomic E-state index is -4.94. The summed E-state index contributed by atoms with van der Waals surface area (Å²) >= 11 is 5.99. The fourth-order valence-corrected chi connectivity index (χ4v) is 1.15. The molecule has 9 heteroatoms. The quantitative estimate of drug-likeness (QED) is 0.252. The molecule has 0 unspecified atom stereocenters. The highest BCUT2D eigenvalue weighted by atomic mass is 35.7. The van der Waals surface area contributed by atoms with E-state index in [1.54, 1.807) is 11.6 Å². The van der Waals surface area contributed by atoms with Gasteiger partial charge in [0, 0.05) is 24.2 Å². The second-order valence-electron chi connectivity index (χ2n) is 3.63. The molecule has 0 saturated carbocycles. The number of hydrogen-bond acceptors (Lipinski definition) is 5. The van der Waals surface area contributed by atoms with Crippen molar-refractivity contribution in [3.05, 3.63) is 35.9 Å². The molecule has 20 heavy (non-hydrogen) atoms. The molecule has 0 saturated heterocycles. The number of amidine groups is 2. The number of nitrogens with zero attached hydrogens (tertiary/aromatic N) is 2. The maximum atomic E-state index is 8.49. The van der Waals surface area contributed by atoms with Crippen molar-refractivity contribution < 1.29 is 33.5 Å². The van der Waals surface area contributed by atoms with E-state index < -0.39 is 10.2 Å². The lowest BCUT2D eigenvalue weighted by Gasteiger charge is -2.17. The highest BCUT2D eigenvalue weighted by molar-refractivity contribution is 6.64. The van der Waals surface area contributed by atoms with E-state index in [0.717, 1.165) is 11.4 Å². The summed E-state index contributed by atoms with van der Waals surface area (Å²) in [5, 5.41) is 3.58. The van der Waals surface area contributed by atoms with Crippen molar-refractivity contribution in [2.75, 3.05) is 21.1 Å². The largest absolute Gasteiger partial charge is 0.348 e. The number of aliphatic imine (C=N–C) groups is 1. The van der Waals surface area contributed by atoms with Crippen LogP contribution in [0.1, 0.15) is 5.56 Å². The molecule has 7 nitrogen and oxygen atoms in total. The van der Waals surface area contributed by atoms with Crippen LogP contribution in [0.3, 0.4) is 0 Å². The normalized spacial score (nSPS) is 11.3. The van der Waals surface area contributed by atoms with E-state index in [9.17, 15) is 0 Å². The van der Waals surface area contributed by atoms with E-state index in [1.165, 1.54) is 0 Å². The van der Waals surface area contributed by atoms with Crippen LogP contribution in [-0.2, 0) is 0 Å². The van der Waals surface area contributed by atoms with Gasteiger partial charge in [-0.3, -0.25) is 9.57 Å².